The van der Waals surface area contributed by atoms with Crippen molar-refractivity contribution in [1.82, 2.24) is 4.98 Å². The Hall–Kier alpha value is -2.37. The van der Waals surface area contributed by atoms with Gasteiger partial charge in [0.25, 0.3) is 0 Å². The van der Waals surface area contributed by atoms with E-state index < -0.39 is 17.7 Å². The van der Waals surface area contributed by atoms with Gasteiger partial charge >= 0.3 is 12.1 Å². The van der Waals surface area contributed by atoms with E-state index in [0.29, 0.717) is 11.4 Å². The van der Waals surface area contributed by atoms with Crippen molar-refractivity contribution in [3.63, 3.8) is 0 Å². The number of esters is 1. The van der Waals surface area contributed by atoms with E-state index >= 15 is 0 Å². The van der Waals surface area contributed by atoms with Crippen LogP contribution in [0.4, 0.5) is 13.2 Å². The number of nitrogens with zero attached hydrogens (tertiary/aromatic N) is 1. The molecule has 2 rings (SSSR count). The highest BCUT2D eigenvalue weighted by Gasteiger charge is 2.34. The third kappa shape index (κ3) is 3.52. The maximum absolute atomic E-state index is 13.3. The topological polar surface area (TPSA) is 39.2 Å². The molecule has 0 aliphatic heterocycles. The highest BCUT2D eigenvalue weighted by atomic mass is 19.4. The van der Waals surface area contributed by atoms with E-state index in [0.717, 1.165) is 6.07 Å². The lowest BCUT2D eigenvalue weighted by molar-refractivity contribution is -0.137. The Morgan fingerprint density at radius 3 is 2.43 bits per heavy atom. The SMILES string of the molecule is CCOC(=O)c1c(-c2ccccc2C(F)(F)F)cc(C)nc1C. The number of halogens is 3. The van der Waals surface area contributed by atoms with Gasteiger partial charge in [0.15, 0.2) is 0 Å². The van der Waals surface area contributed by atoms with Crippen LogP contribution in [0.15, 0.2) is 30.3 Å². The molecule has 0 aliphatic carbocycles. The van der Waals surface area contributed by atoms with Crippen LogP contribution in [0.1, 0.15) is 34.2 Å². The molecule has 1 aromatic heterocycles. The summed E-state index contributed by atoms with van der Waals surface area (Å²) < 4.78 is 44.8. The predicted molar refractivity (Wildman–Crippen MR) is 80.1 cm³/mol. The fraction of sp³-hybridized carbons (Fsp3) is 0.294. The molecule has 122 valence electrons. The number of aryl methyl sites for hydroxylation is 2. The zero-order valence-corrected chi connectivity index (χ0v) is 13.0. The number of hydrogen-bond acceptors (Lipinski definition) is 3. The Morgan fingerprint density at radius 2 is 1.83 bits per heavy atom. The van der Waals surface area contributed by atoms with Crippen LogP contribution in [0.2, 0.25) is 0 Å². The van der Waals surface area contributed by atoms with Crippen molar-refractivity contribution in [1.29, 1.82) is 0 Å². The summed E-state index contributed by atoms with van der Waals surface area (Å²) >= 11 is 0. The molecule has 6 heteroatoms. The maximum atomic E-state index is 13.3. The fourth-order valence-electron chi connectivity index (χ4n) is 2.47. The summed E-state index contributed by atoms with van der Waals surface area (Å²) in [6, 6.07) is 6.64. The summed E-state index contributed by atoms with van der Waals surface area (Å²) in [5.41, 5.74) is 0.265. The van der Waals surface area contributed by atoms with Crippen LogP contribution in [0, 0.1) is 13.8 Å². The number of carbonyl (C=O) groups excluding carboxylic acids is 1. The van der Waals surface area contributed by atoms with Crippen molar-refractivity contribution in [3.05, 3.63) is 52.8 Å². The standard InChI is InChI=1S/C17H16F3NO2/c1-4-23-16(22)15-11(3)21-10(2)9-13(15)12-7-5-6-8-14(12)17(18,19)20/h5-9H,4H2,1-3H3. The zero-order valence-electron chi connectivity index (χ0n) is 13.0. The van der Waals surface area contributed by atoms with Gasteiger partial charge < -0.3 is 4.74 Å². The lowest BCUT2D eigenvalue weighted by Gasteiger charge is -2.17. The number of carbonyl (C=O) groups is 1. The highest BCUT2D eigenvalue weighted by Crippen LogP contribution is 2.38. The molecule has 0 spiro atoms. The van der Waals surface area contributed by atoms with Gasteiger partial charge in [-0.25, -0.2) is 4.79 Å². The van der Waals surface area contributed by atoms with E-state index in [-0.39, 0.29) is 23.3 Å². The number of aromatic nitrogens is 1. The largest absolute Gasteiger partial charge is 0.462 e. The summed E-state index contributed by atoms with van der Waals surface area (Å²) in [5.74, 6) is -0.676. The van der Waals surface area contributed by atoms with Crippen molar-refractivity contribution in [2.24, 2.45) is 0 Å². The quantitative estimate of drug-likeness (QED) is 0.777. The second-order valence-corrected chi connectivity index (χ2v) is 5.04. The first kappa shape index (κ1) is 17.0. The molecule has 0 amide bonds. The Labute approximate surface area is 132 Å². The van der Waals surface area contributed by atoms with Gasteiger partial charge in [-0.1, -0.05) is 18.2 Å². The maximum Gasteiger partial charge on any atom is 0.417 e. The molecular weight excluding hydrogens is 307 g/mol. The first-order valence-electron chi connectivity index (χ1n) is 7.07. The normalized spacial score (nSPS) is 11.4. The molecule has 1 aromatic carbocycles. The summed E-state index contributed by atoms with van der Waals surface area (Å²) in [4.78, 5) is 16.4. The lowest BCUT2D eigenvalue weighted by atomic mass is 9.94. The summed E-state index contributed by atoms with van der Waals surface area (Å²) in [7, 11) is 0. The molecule has 0 saturated carbocycles. The van der Waals surface area contributed by atoms with E-state index in [2.05, 4.69) is 4.98 Å². The van der Waals surface area contributed by atoms with Gasteiger partial charge in [-0.2, -0.15) is 13.2 Å². The van der Waals surface area contributed by atoms with E-state index in [4.69, 9.17) is 4.74 Å². The first-order chi connectivity index (χ1) is 10.8. The van der Waals surface area contributed by atoms with Crippen LogP contribution in [-0.4, -0.2) is 17.6 Å². The average molecular weight is 323 g/mol. The molecule has 0 radical (unpaired) electrons. The molecule has 3 nitrogen and oxygen atoms in total. The van der Waals surface area contributed by atoms with Crippen LogP contribution in [0.25, 0.3) is 11.1 Å². The Balaban J connectivity index is 2.76. The monoisotopic (exact) mass is 323 g/mol. The van der Waals surface area contributed by atoms with Gasteiger partial charge in [0, 0.05) is 11.3 Å². The smallest absolute Gasteiger partial charge is 0.417 e. The van der Waals surface area contributed by atoms with E-state index in [1.807, 2.05) is 0 Å². The van der Waals surface area contributed by atoms with Crippen molar-refractivity contribution < 1.29 is 22.7 Å². The van der Waals surface area contributed by atoms with E-state index in [1.54, 1.807) is 20.8 Å². The molecule has 0 bridgehead atoms. The average Bonchev–Trinajstić information content (AvgIpc) is 2.45. The van der Waals surface area contributed by atoms with Crippen molar-refractivity contribution >= 4 is 5.97 Å². The molecule has 0 atom stereocenters. The Morgan fingerprint density at radius 1 is 1.17 bits per heavy atom. The zero-order chi connectivity index (χ0) is 17.2. The third-order valence-corrected chi connectivity index (χ3v) is 3.33. The van der Waals surface area contributed by atoms with Gasteiger partial charge in [-0.05, 0) is 38.5 Å². The first-order valence-corrected chi connectivity index (χ1v) is 7.07. The molecule has 2 aromatic rings. The number of pyridine rings is 1. The summed E-state index contributed by atoms with van der Waals surface area (Å²) in [5, 5.41) is 0. The number of benzene rings is 1. The molecule has 0 fully saturated rings. The van der Waals surface area contributed by atoms with Gasteiger partial charge in [0.2, 0.25) is 0 Å². The fourth-order valence-corrected chi connectivity index (χ4v) is 2.47. The minimum Gasteiger partial charge on any atom is -0.462 e. The van der Waals surface area contributed by atoms with E-state index in [9.17, 15) is 18.0 Å². The second-order valence-electron chi connectivity index (χ2n) is 5.04. The third-order valence-electron chi connectivity index (χ3n) is 3.33. The van der Waals surface area contributed by atoms with Crippen LogP contribution in [0.3, 0.4) is 0 Å². The minimum absolute atomic E-state index is 0.0587. The van der Waals surface area contributed by atoms with Crippen molar-refractivity contribution in [2.75, 3.05) is 6.61 Å². The number of alkyl halides is 3. The Kier molecular flexibility index (Phi) is 4.73. The number of hydrogen-bond donors (Lipinski definition) is 0. The van der Waals surface area contributed by atoms with Crippen LogP contribution in [0.5, 0.6) is 0 Å². The van der Waals surface area contributed by atoms with Gasteiger partial charge in [-0.3, -0.25) is 4.98 Å². The van der Waals surface area contributed by atoms with Crippen LogP contribution in [-0.2, 0) is 10.9 Å². The minimum atomic E-state index is -4.52. The molecule has 0 saturated heterocycles. The Bertz CT molecular complexity index is 739. The molecule has 0 aliphatic rings. The molecular formula is C17H16F3NO2. The molecule has 0 unspecified atom stereocenters. The van der Waals surface area contributed by atoms with E-state index in [1.165, 1.54) is 24.3 Å². The lowest BCUT2D eigenvalue weighted by Crippen LogP contribution is -2.13. The van der Waals surface area contributed by atoms with Gasteiger partial charge in [-0.15, -0.1) is 0 Å². The summed E-state index contributed by atoms with van der Waals surface area (Å²) in [6.45, 7) is 5.02. The molecule has 1 heterocycles. The highest BCUT2D eigenvalue weighted by molar-refractivity contribution is 5.99. The van der Waals surface area contributed by atoms with Gasteiger partial charge in [0.05, 0.1) is 23.4 Å². The summed E-state index contributed by atoms with van der Waals surface area (Å²) in [6.07, 6.45) is -4.52. The van der Waals surface area contributed by atoms with Crippen LogP contribution < -0.4 is 0 Å². The number of rotatable bonds is 3. The second kappa shape index (κ2) is 6.40. The van der Waals surface area contributed by atoms with Crippen molar-refractivity contribution in [3.8, 4) is 11.1 Å². The predicted octanol–water partition coefficient (Wildman–Crippen LogP) is 4.56. The number of ether oxygens (including phenoxy) is 1. The molecule has 23 heavy (non-hydrogen) atoms. The van der Waals surface area contributed by atoms with Crippen LogP contribution >= 0.6 is 0 Å². The van der Waals surface area contributed by atoms with Crippen molar-refractivity contribution in [2.45, 2.75) is 26.9 Å². The molecule has 0 N–H and O–H groups in total. The van der Waals surface area contributed by atoms with Gasteiger partial charge in [0.1, 0.15) is 0 Å².